The third kappa shape index (κ3) is 2.34. The van der Waals surface area contributed by atoms with E-state index >= 15 is 0 Å². The molecule has 0 aliphatic heterocycles. The minimum absolute atomic E-state index is 0.736. The van der Waals surface area contributed by atoms with Crippen molar-refractivity contribution in [2.75, 3.05) is 0 Å². The number of carbonyl (C=O) groups excluding carboxylic acids is 1. The first-order valence-electron chi connectivity index (χ1n) is 6.43. The maximum atomic E-state index is 10.9. The summed E-state index contributed by atoms with van der Waals surface area (Å²) in [6.07, 6.45) is 8.69. The molecule has 0 spiro atoms. The Morgan fingerprint density at radius 3 is 2.62 bits per heavy atom. The van der Waals surface area contributed by atoms with Gasteiger partial charge in [0.25, 0.3) is 0 Å². The standard InChI is InChI=1S/C15H20O/c1-2-12-10-14(8-9-15(12)11-16)13-6-4-3-5-7-13/h8-11,13H,2-7H2,1H3. The predicted molar refractivity (Wildman–Crippen MR) is 67.0 cm³/mol. The van der Waals surface area contributed by atoms with E-state index in [1.807, 2.05) is 6.07 Å². The molecule has 0 amide bonds. The van der Waals surface area contributed by atoms with Crippen molar-refractivity contribution in [2.45, 2.75) is 51.4 Å². The number of benzene rings is 1. The topological polar surface area (TPSA) is 17.1 Å². The van der Waals surface area contributed by atoms with Gasteiger partial charge >= 0.3 is 0 Å². The van der Waals surface area contributed by atoms with Gasteiger partial charge in [0.1, 0.15) is 6.29 Å². The van der Waals surface area contributed by atoms with Gasteiger partial charge in [0, 0.05) is 5.56 Å². The number of hydrogen-bond acceptors (Lipinski definition) is 1. The molecule has 1 nitrogen and oxygen atoms in total. The highest BCUT2D eigenvalue weighted by Gasteiger charge is 2.16. The molecule has 0 N–H and O–H groups in total. The van der Waals surface area contributed by atoms with Crippen molar-refractivity contribution in [3.8, 4) is 0 Å². The van der Waals surface area contributed by atoms with E-state index in [1.165, 1.54) is 43.2 Å². The van der Waals surface area contributed by atoms with Gasteiger partial charge in [0.15, 0.2) is 0 Å². The molecule has 2 rings (SSSR count). The van der Waals surface area contributed by atoms with E-state index in [-0.39, 0.29) is 0 Å². The highest BCUT2D eigenvalue weighted by molar-refractivity contribution is 5.77. The van der Waals surface area contributed by atoms with Crippen molar-refractivity contribution in [1.82, 2.24) is 0 Å². The first kappa shape index (κ1) is 11.4. The Labute approximate surface area is 97.9 Å². The Bertz CT molecular complexity index is 362. The number of hydrogen-bond donors (Lipinski definition) is 0. The Hall–Kier alpha value is -1.11. The van der Waals surface area contributed by atoms with Crippen LogP contribution in [-0.2, 0) is 6.42 Å². The fourth-order valence-electron chi connectivity index (χ4n) is 2.74. The lowest BCUT2D eigenvalue weighted by molar-refractivity contribution is 0.112. The molecule has 1 fully saturated rings. The van der Waals surface area contributed by atoms with Gasteiger partial charge in [-0.2, -0.15) is 0 Å². The van der Waals surface area contributed by atoms with Gasteiger partial charge < -0.3 is 0 Å². The molecule has 1 aromatic rings. The molecule has 0 atom stereocenters. The number of rotatable bonds is 3. The first-order chi connectivity index (χ1) is 7.85. The highest BCUT2D eigenvalue weighted by atomic mass is 16.1. The minimum Gasteiger partial charge on any atom is -0.298 e. The molecule has 0 saturated heterocycles. The largest absolute Gasteiger partial charge is 0.298 e. The van der Waals surface area contributed by atoms with Gasteiger partial charge in [0.05, 0.1) is 0 Å². The van der Waals surface area contributed by atoms with Crippen molar-refractivity contribution in [3.05, 3.63) is 34.9 Å². The highest BCUT2D eigenvalue weighted by Crippen LogP contribution is 2.33. The smallest absolute Gasteiger partial charge is 0.150 e. The minimum atomic E-state index is 0.736. The maximum absolute atomic E-state index is 10.9. The quantitative estimate of drug-likeness (QED) is 0.695. The van der Waals surface area contributed by atoms with E-state index < -0.39 is 0 Å². The molecule has 1 heteroatoms. The molecule has 16 heavy (non-hydrogen) atoms. The first-order valence-corrected chi connectivity index (χ1v) is 6.43. The number of aldehydes is 1. The zero-order valence-corrected chi connectivity index (χ0v) is 10.0. The van der Waals surface area contributed by atoms with Crippen LogP contribution in [0.2, 0.25) is 0 Å². The van der Waals surface area contributed by atoms with Crippen molar-refractivity contribution in [3.63, 3.8) is 0 Å². The van der Waals surface area contributed by atoms with Crippen molar-refractivity contribution in [2.24, 2.45) is 0 Å². The molecule has 1 aliphatic rings. The Balaban J connectivity index is 2.24. The van der Waals surface area contributed by atoms with Crippen LogP contribution in [0.1, 0.15) is 66.4 Å². The normalized spacial score (nSPS) is 17.3. The van der Waals surface area contributed by atoms with Crippen LogP contribution in [-0.4, -0.2) is 6.29 Å². The van der Waals surface area contributed by atoms with Gasteiger partial charge in [-0.1, -0.05) is 44.4 Å². The molecule has 1 aliphatic carbocycles. The Morgan fingerprint density at radius 1 is 1.25 bits per heavy atom. The number of aryl methyl sites for hydroxylation is 1. The average molecular weight is 216 g/mol. The molecule has 0 radical (unpaired) electrons. The van der Waals surface area contributed by atoms with E-state index in [9.17, 15) is 4.79 Å². The van der Waals surface area contributed by atoms with Gasteiger partial charge in [-0.3, -0.25) is 4.79 Å². The van der Waals surface area contributed by atoms with Crippen LogP contribution in [0.4, 0.5) is 0 Å². The molecule has 86 valence electrons. The Morgan fingerprint density at radius 2 is 2.00 bits per heavy atom. The molecule has 0 bridgehead atoms. The summed E-state index contributed by atoms with van der Waals surface area (Å²) in [5, 5.41) is 0. The summed E-state index contributed by atoms with van der Waals surface area (Å²) in [5.41, 5.74) is 3.52. The summed E-state index contributed by atoms with van der Waals surface area (Å²) in [5.74, 6) is 0.736. The van der Waals surface area contributed by atoms with Crippen molar-refractivity contribution < 1.29 is 4.79 Å². The lowest BCUT2D eigenvalue weighted by atomic mass is 9.83. The van der Waals surface area contributed by atoms with Crippen molar-refractivity contribution in [1.29, 1.82) is 0 Å². The second-order valence-corrected chi connectivity index (χ2v) is 4.76. The predicted octanol–water partition coefficient (Wildman–Crippen LogP) is 4.11. The van der Waals surface area contributed by atoms with Crippen molar-refractivity contribution >= 4 is 6.29 Å². The van der Waals surface area contributed by atoms with Crippen LogP contribution in [0.5, 0.6) is 0 Å². The van der Waals surface area contributed by atoms with Gasteiger partial charge in [0.2, 0.25) is 0 Å². The van der Waals surface area contributed by atoms with Crippen LogP contribution in [0, 0.1) is 0 Å². The van der Waals surface area contributed by atoms with Crippen LogP contribution in [0.3, 0.4) is 0 Å². The van der Waals surface area contributed by atoms with E-state index in [2.05, 4.69) is 19.1 Å². The lowest BCUT2D eigenvalue weighted by Crippen LogP contribution is -2.05. The monoisotopic (exact) mass is 216 g/mol. The third-order valence-corrected chi connectivity index (χ3v) is 3.75. The van der Waals surface area contributed by atoms with Crippen LogP contribution in [0.25, 0.3) is 0 Å². The summed E-state index contributed by atoms with van der Waals surface area (Å²) in [6, 6.07) is 6.40. The second-order valence-electron chi connectivity index (χ2n) is 4.76. The summed E-state index contributed by atoms with van der Waals surface area (Å²) in [7, 11) is 0. The summed E-state index contributed by atoms with van der Waals surface area (Å²) < 4.78 is 0. The average Bonchev–Trinajstić information content (AvgIpc) is 2.39. The molecule has 0 unspecified atom stereocenters. The van der Waals surface area contributed by atoms with E-state index in [4.69, 9.17) is 0 Å². The SMILES string of the molecule is CCc1cc(C2CCCCC2)ccc1C=O. The maximum Gasteiger partial charge on any atom is 0.150 e. The van der Waals surface area contributed by atoms with Gasteiger partial charge in [-0.25, -0.2) is 0 Å². The molecule has 0 aromatic heterocycles. The van der Waals surface area contributed by atoms with E-state index in [0.29, 0.717) is 0 Å². The molecular formula is C15H20O. The summed E-state index contributed by atoms with van der Waals surface area (Å²) in [4.78, 5) is 10.9. The lowest BCUT2D eigenvalue weighted by Gasteiger charge is -2.22. The zero-order valence-electron chi connectivity index (χ0n) is 10.0. The fraction of sp³-hybridized carbons (Fsp3) is 0.533. The van der Waals surface area contributed by atoms with Crippen LogP contribution in [0.15, 0.2) is 18.2 Å². The molecule has 1 saturated carbocycles. The molecule has 1 aromatic carbocycles. The summed E-state index contributed by atoms with van der Waals surface area (Å²) in [6.45, 7) is 2.12. The van der Waals surface area contributed by atoms with E-state index in [1.54, 1.807) is 0 Å². The zero-order chi connectivity index (χ0) is 11.4. The second kappa shape index (κ2) is 5.29. The van der Waals surface area contributed by atoms with Gasteiger partial charge in [-0.05, 0) is 36.3 Å². The summed E-state index contributed by atoms with van der Waals surface area (Å²) >= 11 is 0. The number of carbonyl (C=O) groups is 1. The third-order valence-electron chi connectivity index (χ3n) is 3.75. The fourth-order valence-corrected chi connectivity index (χ4v) is 2.74. The van der Waals surface area contributed by atoms with E-state index in [0.717, 1.165) is 24.2 Å². The van der Waals surface area contributed by atoms with Crippen LogP contribution < -0.4 is 0 Å². The molecular weight excluding hydrogens is 196 g/mol. The van der Waals surface area contributed by atoms with Gasteiger partial charge in [-0.15, -0.1) is 0 Å². The Kier molecular flexibility index (Phi) is 3.76. The van der Waals surface area contributed by atoms with Crippen LogP contribution >= 0.6 is 0 Å². The molecule has 0 heterocycles.